The van der Waals surface area contributed by atoms with Crippen LogP contribution in [0.25, 0.3) is 0 Å². The molecule has 1 aromatic rings. The molecule has 4 nitrogen and oxygen atoms in total. The molecule has 0 radical (unpaired) electrons. The number of rotatable bonds is 6. The van der Waals surface area contributed by atoms with Crippen LogP contribution < -0.4 is 10.2 Å². The van der Waals surface area contributed by atoms with Crippen molar-refractivity contribution in [1.82, 2.24) is 9.97 Å². The molecule has 1 N–H and O–H groups in total. The number of nitrogens with one attached hydrogen (secondary N) is 1. The number of anilines is 2. The lowest BCUT2D eigenvalue weighted by Crippen LogP contribution is -2.29. The van der Waals surface area contributed by atoms with Gasteiger partial charge in [0.05, 0.1) is 0 Å². The van der Waals surface area contributed by atoms with Gasteiger partial charge in [-0.25, -0.2) is 9.97 Å². The highest BCUT2D eigenvalue weighted by Gasteiger charge is 2.34. The maximum absolute atomic E-state index is 4.63. The van der Waals surface area contributed by atoms with Crippen molar-refractivity contribution in [2.75, 3.05) is 23.3 Å². The summed E-state index contributed by atoms with van der Waals surface area (Å²) in [4.78, 5) is 11.6. The minimum atomic E-state index is 0.731. The van der Waals surface area contributed by atoms with Crippen LogP contribution in [0.2, 0.25) is 0 Å². The highest BCUT2D eigenvalue weighted by atomic mass is 15.2. The number of hydrogen-bond acceptors (Lipinski definition) is 4. The summed E-state index contributed by atoms with van der Waals surface area (Å²) in [6.07, 6.45) is 5.44. The SMILES string of the molecule is CCNc1cc(N(CC2CC2)C2CC2)nc(C)n1. The Hall–Kier alpha value is -1.32. The number of aryl methyl sites for hydroxylation is 1. The van der Waals surface area contributed by atoms with Gasteiger partial charge in [0.1, 0.15) is 17.5 Å². The van der Waals surface area contributed by atoms with Crippen LogP contribution in [-0.2, 0) is 0 Å². The fourth-order valence-corrected chi connectivity index (χ4v) is 2.37. The third-order valence-electron chi connectivity index (χ3n) is 3.62. The van der Waals surface area contributed by atoms with Crippen LogP contribution >= 0.6 is 0 Å². The van der Waals surface area contributed by atoms with Crippen molar-refractivity contribution in [2.24, 2.45) is 5.92 Å². The summed E-state index contributed by atoms with van der Waals surface area (Å²) in [5.74, 6) is 3.85. The van der Waals surface area contributed by atoms with E-state index in [-0.39, 0.29) is 0 Å². The standard InChI is InChI=1S/C14H22N4/c1-3-15-13-8-14(17-10(2)16-13)18(12-6-7-12)9-11-4-5-11/h8,11-12H,3-7,9H2,1-2H3,(H,15,16,17). The Labute approximate surface area is 109 Å². The van der Waals surface area contributed by atoms with Crippen LogP contribution in [-0.4, -0.2) is 29.1 Å². The topological polar surface area (TPSA) is 41.0 Å². The fraction of sp³-hybridized carbons (Fsp3) is 0.714. The second-order valence-corrected chi connectivity index (χ2v) is 5.52. The monoisotopic (exact) mass is 246 g/mol. The Balaban J connectivity index is 1.82. The summed E-state index contributed by atoms with van der Waals surface area (Å²) in [6, 6.07) is 2.84. The predicted octanol–water partition coefficient (Wildman–Crippen LogP) is 2.60. The molecule has 0 saturated heterocycles. The highest BCUT2D eigenvalue weighted by Crippen LogP contribution is 2.37. The molecule has 0 amide bonds. The molecule has 0 unspecified atom stereocenters. The smallest absolute Gasteiger partial charge is 0.134 e. The van der Waals surface area contributed by atoms with Gasteiger partial charge in [-0.15, -0.1) is 0 Å². The van der Waals surface area contributed by atoms with E-state index in [9.17, 15) is 0 Å². The van der Waals surface area contributed by atoms with E-state index in [4.69, 9.17) is 0 Å². The maximum atomic E-state index is 4.63. The van der Waals surface area contributed by atoms with Gasteiger partial charge in [-0.2, -0.15) is 0 Å². The van der Waals surface area contributed by atoms with E-state index in [0.717, 1.165) is 36.0 Å². The van der Waals surface area contributed by atoms with Gasteiger partial charge in [0.25, 0.3) is 0 Å². The van der Waals surface area contributed by atoms with Crippen LogP contribution in [0.1, 0.15) is 38.4 Å². The average Bonchev–Trinajstić information content (AvgIpc) is 3.19. The van der Waals surface area contributed by atoms with Crippen molar-refractivity contribution in [3.63, 3.8) is 0 Å². The first-order valence-electron chi connectivity index (χ1n) is 7.12. The lowest BCUT2D eigenvalue weighted by molar-refractivity contribution is 0.706. The molecule has 0 atom stereocenters. The Morgan fingerprint density at radius 3 is 2.67 bits per heavy atom. The molecule has 18 heavy (non-hydrogen) atoms. The van der Waals surface area contributed by atoms with Crippen LogP contribution in [0.15, 0.2) is 6.07 Å². The zero-order chi connectivity index (χ0) is 12.5. The lowest BCUT2D eigenvalue weighted by atomic mass is 10.3. The molecule has 98 valence electrons. The minimum absolute atomic E-state index is 0.731. The van der Waals surface area contributed by atoms with Crippen LogP contribution in [0, 0.1) is 12.8 Å². The van der Waals surface area contributed by atoms with Gasteiger partial charge < -0.3 is 10.2 Å². The van der Waals surface area contributed by atoms with Crippen LogP contribution in [0.5, 0.6) is 0 Å². The third-order valence-corrected chi connectivity index (χ3v) is 3.62. The largest absolute Gasteiger partial charge is 0.370 e. The van der Waals surface area contributed by atoms with E-state index in [1.165, 1.54) is 32.2 Å². The van der Waals surface area contributed by atoms with E-state index in [0.29, 0.717) is 0 Å². The summed E-state index contributed by atoms with van der Waals surface area (Å²) in [5, 5.41) is 3.29. The molecular formula is C14H22N4. The van der Waals surface area contributed by atoms with E-state index in [1.807, 2.05) is 6.92 Å². The van der Waals surface area contributed by atoms with Crippen LogP contribution in [0.3, 0.4) is 0 Å². The molecule has 2 aliphatic rings. The van der Waals surface area contributed by atoms with E-state index in [2.05, 4.69) is 33.2 Å². The fourth-order valence-electron chi connectivity index (χ4n) is 2.37. The Kier molecular flexibility index (Phi) is 3.10. The molecular weight excluding hydrogens is 224 g/mol. The molecule has 0 spiro atoms. The van der Waals surface area contributed by atoms with Gasteiger partial charge in [-0.3, -0.25) is 0 Å². The predicted molar refractivity (Wildman–Crippen MR) is 74.0 cm³/mol. The first kappa shape index (κ1) is 11.8. The van der Waals surface area contributed by atoms with Gasteiger partial charge in [-0.1, -0.05) is 0 Å². The van der Waals surface area contributed by atoms with Crippen molar-refractivity contribution in [2.45, 2.75) is 45.6 Å². The van der Waals surface area contributed by atoms with Gasteiger partial charge in [0.15, 0.2) is 0 Å². The summed E-state index contributed by atoms with van der Waals surface area (Å²) in [5.41, 5.74) is 0. The Bertz CT molecular complexity index is 424. The van der Waals surface area contributed by atoms with Gasteiger partial charge >= 0.3 is 0 Å². The van der Waals surface area contributed by atoms with Crippen molar-refractivity contribution in [1.29, 1.82) is 0 Å². The summed E-state index contributed by atoms with van der Waals surface area (Å²) in [6.45, 7) is 6.17. The molecule has 0 aromatic carbocycles. The number of hydrogen-bond donors (Lipinski definition) is 1. The third kappa shape index (κ3) is 2.74. The van der Waals surface area contributed by atoms with Gasteiger partial charge in [0.2, 0.25) is 0 Å². The first-order chi connectivity index (χ1) is 8.76. The summed E-state index contributed by atoms with van der Waals surface area (Å²) < 4.78 is 0. The second kappa shape index (κ2) is 4.75. The zero-order valence-electron chi connectivity index (χ0n) is 11.3. The van der Waals surface area contributed by atoms with Crippen molar-refractivity contribution in [3.8, 4) is 0 Å². The molecule has 4 heteroatoms. The van der Waals surface area contributed by atoms with Gasteiger partial charge in [0, 0.05) is 25.2 Å². The number of aromatic nitrogens is 2. The normalized spacial score (nSPS) is 18.8. The molecule has 1 heterocycles. The van der Waals surface area contributed by atoms with E-state index in [1.54, 1.807) is 0 Å². The Morgan fingerprint density at radius 1 is 1.28 bits per heavy atom. The molecule has 0 bridgehead atoms. The highest BCUT2D eigenvalue weighted by molar-refractivity contribution is 5.51. The van der Waals surface area contributed by atoms with E-state index < -0.39 is 0 Å². The molecule has 1 aromatic heterocycles. The molecule has 0 aliphatic heterocycles. The average molecular weight is 246 g/mol. The molecule has 2 fully saturated rings. The summed E-state index contributed by atoms with van der Waals surface area (Å²) >= 11 is 0. The van der Waals surface area contributed by atoms with Crippen molar-refractivity contribution < 1.29 is 0 Å². The summed E-state index contributed by atoms with van der Waals surface area (Å²) in [7, 11) is 0. The van der Waals surface area contributed by atoms with Crippen molar-refractivity contribution >= 4 is 11.6 Å². The van der Waals surface area contributed by atoms with Gasteiger partial charge in [-0.05, 0) is 45.4 Å². The first-order valence-corrected chi connectivity index (χ1v) is 7.12. The molecule has 2 saturated carbocycles. The second-order valence-electron chi connectivity index (χ2n) is 5.52. The van der Waals surface area contributed by atoms with E-state index >= 15 is 0 Å². The number of nitrogens with zero attached hydrogens (tertiary/aromatic N) is 3. The molecule has 3 rings (SSSR count). The zero-order valence-corrected chi connectivity index (χ0v) is 11.3. The minimum Gasteiger partial charge on any atom is -0.370 e. The lowest BCUT2D eigenvalue weighted by Gasteiger charge is -2.24. The molecule has 2 aliphatic carbocycles. The Morgan fingerprint density at radius 2 is 2.06 bits per heavy atom. The van der Waals surface area contributed by atoms with Crippen molar-refractivity contribution in [3.05, 3.63) is 11.9 Å². The maximum Gasteiger partial charge on any atom is 0.134 e. The van der Waals surface area contributed by atoms with Crippen LogP contribution in [0.4, 0.5) is 11.6 Å². The quantitative estimate of drug-likeness (QED) is 0.837.